The maximum atomic E-state index is 12.4. The Labute approximate surface area is 155 Å². The lowest BCUT2D eigenvalue weighted by molar-refractivity contribution is -0.142. The lowest BCUT2D eigenvalue weighted by atomic mass is 9.90. The first-order valence-electron chi connectivity index (χ1n) is 9.10. The summed E-state index contributed by atoms with van der Waals surface area (Å²) in [6.07, 6.45) is 1.41. The van der Waals surface area contributed by atoms with E-state index < -0.39 is 0 Å². The van der Waals surface area contributed by atoms with E-state index in [1.807, 2.05) is 49.9 Å². The van der Waals surface area contributed by atoms with E-state index >= 15 is 0 Å². The Bertz CT molecular complexity index is 654. The number of amides is 3. The highest BCUT2D eigenvalue weighted by Gasteiger charge is 2.32. The Morgan fingerprint density at radius 1 is 1.08 bits per heavy atom. The van der Waals surface area contributed by atoms with Crippen molar-refractivity contribution < 1.29 is 14.4 Å². The van der Waals surface area contributed by atoms with E-state index in [9.17, 15) is 14.4 Å². The Hall–Kier alpha value is -2.37. The van der Waals surface area contributed by atoms with Gasteiger partial charge in [-0.3, -0.25) is 14.4 Å². The molecule has 6 nitrogen and oxygen atoms in total. The lowest BCUT2D eigenvalue weighted by Crippen LogP contribution is -2.46. The van der Waals surface area contributed by atoms with Gasteiger partial charge < -0.3 is 15.5 Å². The van der Waals surface area contributed by atoms with Crippen LogP contribution in [0.2, 0.25) is 0 Å². The zero-order chi connectivity index (χ0) is 19.3. The van der Waals surface area contributed by atoms with Crippen LogP contribution in [0.15, 0.2) is 24.3 Å². The number of carbonyl (C=O) groups is 3. The molecule has 142 valence electrons. The number of rotatable bonds is 4. The molecule has 1 saturated heterocycles. The number of anilines is 1. The van der Waals surface area contributed by atoms with Gasteiger partial charge in [-0.05, 0) is 30.5 Å². The van der Waals surface area contributed by atoms with E-state index in [0.29, 0.717) is 32.5 Å². The summed E-state index contributed by atoms with van der Waals surface area (Å²) in [6.45, 7) is 8.97. The summed E-state index contributed by atoms with van der Waals surface area (Å²) in [7, 11) is 0. The quantitative estimate of drug-likeness (QED) is 0.867. The predicted octanol–water partition coefficient (Wildman–Crippen LogP) is 2.55. The number of benzene rings is 1. The molecule has 26 heavy (non-hydrogen) atoms. The average Bonchev–Trinajstić information content (AvgIpc) is 2.59. The van der Waals surface area contributed by atoms with Gasteiger partial charge in [0.2, 0.25) is 17.7 Å². The van der Waals surface area contributed by atoms with E-state index in [1.54, 1.807) is 0 Å². The molecule has 1 aromatic rings. The molecule has 1 aliphatic heterocycles. The van der Waals surface area contributed by atoms with Crippen molar-refractivity contribution in [2.75, 3.05) is 18.4 Å². The zero-order valence-electron chi connectivity index (χ0n) is 16.1. The van der Waals surface area contributed by atoms with Crippen molar-refractivity contribution >= 4 is 23.4 Å². The van der Waals surface area contributed by atoms with E-state index in [1.165, 1.54) is 6.92 Å². The number of hydrogen-bond donors (Lipinski definition) is 2. The summed E-state index contributed by atoms with van der Waals surface area (Å²) in [5, 5.41) is 5.69. The first kappa shape index (κ1) is 19.9. The highest BCUT2D eigenvalue weighted by atomic mass is 16.2. The molecular formula is C20H29N3O3. The summed E-state index contributed by atoms with van der Waals surface area (Å²) in [4.78, 5) is 37.6. The fourth-order valence-corrected chi connectivity index (χ4v) is 3.06. The van der Waals surface area contributed by atoms with E-state index in [4.69, 9.17) is 0 Å². The van der Waals surface area contributed by atoms with Gasteiger partial charge >= 0.3 is 0 Å². The molecule has 0 spiro atoms. The van der Waals surface area contributed by atoms with E-state index in [2.05, 4.69) is 10.6 Å². The number of nitrogens with zero attached hydrogens (tertiary/aromatic N) is 1. The Kier molecular flexibility index (Phi) is 6.40. The first-order valence-corrected chi connectivity index (χ1v) is 9.10. The molecule has 2 N–H and O–H groups in total. The van der Waals surface area contributed by atoms with Crippen molar-refractivity contribution in [3.8, 4) is 0 Å². The maximum Gasteiger partial charge on any atom is 0.227 e. The molecule has 0 bridgehead atoms. The minimum atomic E-state index is -0.376. The fraction of sp³-hybridized carbons (Fsp3) is 0.550. The fourth-order valence-electron chi connectivity index (χ4n) is 3.06. The van der Waals surface area contributed by atoms with Gasteiger partial charge in [0.1, 0.15) is 0 Å². The normalized spacial score (nSPS) is 15.5. The lowest BCUT2D eigenvalue weighted by Gasteiger charge is -2.35. The van der Waals surface area contributed by atoms with Gasteiger partial charge in [-0.15, -0.1) is 0 Å². The van der Waals surface area contributed by atoms with Gasteiger partial charge in [-0.1, -0.05) is 32.9 Å². The van der Waals surface area contributed by atoms with Gasteiger partial charge in [0.25, 0.3) is 0 Å². The molecule has 0 aromatic heterocycles. The van der Waals surface area contributed by atoms with Crippen LogP contribution in [0.4, 0.5) is 5.69 Å². The maximum absolute atomic E-state index is 12.4. The number of likely N-dealkylation sites (tertiary alicyclic amines) is 1. The third-order valence-electron chi connectivity index (χ3n) is 4.54. The van der Waals surface area contributed by atoms with Crippen molar-refractivity contribution in [2.24, 2.45) is 11.3 Å². The van der Waals surface area contributed by atoms with Crippen molar-refractivity contribution in [2.45, 2.75) is 47.1 Å². The van der Waals surface area contributed by atoms with E-state index in [0.717, 1.165) is 11.3 Å². The molecule has 1 aromatic carbocycles. The van der Waals surface area contributed by atoms with Crippen LogP contribution < -0.4 is 10.6 Å². The van der Waals surface area contributed by atoms with E-state index in [-0.39, 0.29) is 29.1 Å². The van der Waals surface area contributed by atoms with Crippen LogP contribution in [0, 0.1) is 11.3 Å². The molecule has 0 atom stereocenters. The number of carbonyl (C=O) groups excluding carboxylic acids is 3. The third-order valence-corrected chi connectivity index (χ3v) is 4.54. The highest BCUT2D eigenvalue weighted by molar-refractivity contribution is 5.88. The molecule has 0 unspecified atom stereocenters. The monoisotopic (exact) mass is 359 g/mol. The van der Waals surface area contributed by atoms with Gasteiger partial charge in [-0.25, -0.2) is 0 Å². The topological polar surface area (TPSA) is 78.5 Å². The van der Waals surface area contributed by atoms with Crippen molar-refractivity contribution in [3.63, 3.8) is 0 Å². The second-order valence-corrected chi connectivity index (χ2v) is 7.91. The summed E-state index contributed by atoms with van der Waals surface area (Å²) in [5.74, 6) is 0.0365. The summed E-state index contributed by atoms with van der Waals surface area (Å²) in [5.41, 5.74) is 1.34. The van der Waals surface area contributed by atoms with Crippen molar-refractivity contribution in [1.29, 1.82) is 0 Å². The molecule has 1 heterocycles. The number of piperidine rings is 1. The van der Waals surface area contributed by atoms with Gasteiger partial charge in [0.15, 0.2) is 0 Å². The SMILES string of the molecule is CC(=O)Nc1ccc(CNC(=O)C2CCN(C(=O)C(C)(C)C)CC2)cc1. The van der Waals surface area contributed by atoms with Crippen LogP contribution in [0.1, 0.15) is 46.1 Å². The molecular weight excluding hydrogens is 330 g/mol. The van der Waals surface area contributed by atoms with Gasteiger partial charge in [0.05, 0.1) is 0 Å². The number of nitrogens with one attached hydrogen (secondary N) is 2. The minimum absolute atomic E-state index is 0.0406. The second-order valence-electron chi connectivity index (χ2n) is 7.91. The van der Waals surface area contributed by atoms with Crippen molar-refractivity contribution in [3.05, 3.63) is 29.8 Å². The van der Waals surface area contributed by atoms with Crippen LogP contribution in [-0.4, -0.2) is 35.7 Å². The molecule has 0 saturated carbocycles. The Balaban J connectivity index is 1.79. The van der Waals surface area contributed by atoms with Gasteiger partial charge in [-0.2, -0.15) is 0 Å². The van der Waals surface area contributed by atoms with Crippen LogP contribution in [0.25, 0.3) is 0 Å². The Morgan fingerprint density at radius 2 is 1.65 bits per heavy atom. The van der Waals surface area contributed by atoms with Crippen LogP contribution >= 0.6 is 0 Å². The molecule has 0 aliphatic carbocycles. The van der Waals surface area contributed by atoms with Crippen LogP contribution in [0.5, 0.6) is 0 Å². The molecule has 6 heteroatoms. The summed E-state index contributed by atoms with van der Waals surface area (Å²) < 4.78 is 0. The first-order chi connectivity index (χ1) is 12.2. The molecule has 3 amide bonds. The standard InChI is InChI=1S/C20H29N3O3/c1-14(24)22-17-7-5-15(6-8-17)13-21-18(25)16-9-11-23(12-10-16)19(26)20(2,3)4/h5-8,16H,9-13H2,1-4H3,(H,21,25)(H,22,24). The molecule has 1 aliphatic rings. The van der Waals surface area contributed by atoms with Crippen LogP contribution in [0.3, 0.4) is 0 Å². The highest BCUT2D eigenvalue weighted by Crippen LogP contribution is 2.23. The largest absolute Gasteiger partial charge is 0.352 e. The molecule has 2 rings (SSSR count). The third kappa shape index (κ3) is 5.58. The Morgan fingerprint density at radius 3 is 2.15 bits per heavy atom. The van der Waals surface area contributed by atoms with Crippen molar-refractivity contribution in [1.82, 2.24) is 10.2 Å². The molecule has 1 fully saturated rings. The van der Waals surface area contributed by atoms with Crippen LogP contribution in [-0.2, 0) is 20.9 Å². The smallest absolute Gasteiger partial charge is 0.227 e. The summed E-state index contributed by atoms with van der Waals surface area (Å²) in [6, 6.07) is 7.41. The van der Waals surface area contributed by atoms with Gasteiger partial charge in [0, 0.05) is 43.6 Å². The second kappa shape index (κ2) is 8.34. The minimum Gasteiger partial charge on any atom is -0.352 e. The summed E-state index contributed by atoms with van der Waals surface area (Å²) >= 11 is 0. The number of hydrogen-bond acceptors (Lipinski definition) is 3. The average molecular weight is 359 g/mol. The predicted molar refractivity (Wildman–Crippen MR) is 101 cm³/mol. The zero-order valence-corrected chi connectivity index (χ0v) is 16.1. The molecule has 0 radical (unpaired) electrons.